The summed E-state index contributed by atoms with van der Waals surface area (Å²) in [5.74, 6) is 0.684. The molecule has 0 aromatic heterocycles. The Labute approximate surface area is 95.7 Å². The Balaban J connectivity index is 2.46. The standard InChI is InChI=1S/C13H18O3/c1-3-13(4-2)12(15)11(14)9-7-5-6-8-10(9)16-13/h5-8,11-12,14-15H,3-4H2,1-2H3/t11-,12+/m1/s1. The molecule has 1 heterocycles. The molecule has 0 saturated carbocycles. The SMILES string of the molecule is CCC1(CC)Oc2ccccc2[C@@H](O)[C@@H]1O. The highest BCUT2D eigenvalue weighted by molar-refractivity contribution is 5.39. The molecule has 1 aromatic rings. The molecule has 0 saturated heterocycles. The summed E-state index contributed by atoms with van der Waals surface area (Å²) in [6, 6.07) is 7.34. The van der Waals surface area contributed by atoms with Gasteiger partial charge in [0.15, 0.2) is 0 Å². The third-order valence-electron chi connectivity index (χ3n) is 3.59. The lowest BCUT2D eigenvalue weighted by atomic mass is 9.82. The first kappa shape index (κ1) is 11.4. The van der Waals surface area contributed by atoms with Crippen molar-refractivity contribution in [3.8, 4) is 5.75 Å². The van der Waals surface area contributed by atoms with E-state index in [1.807, 2.05) is 32.0 Å². The van der Waals surface area contributed by atoms with Gasteiger partial charge in [0.2, 0.25) is 0 Å². The monoisotopic (exact) mass is 222 g/mol. The average Bonchev–Trinajstić information content (AvgIpc) is 2.34. The maximum absolute atomic E-state index is 10.2. The molecule has 0 fully saturated rings. The van der Waals surface area contributed by atoms with Crippen LogP contribution in [0.4, 0.5) is 0 Å². The molecule has 0 amide bonds. The summed E-state index contributed by atoms with van der Waals surface area (Å²) in [7, 11) is 0. The molecule has 1 aromatic carbocycles. The van der Waals surface area contributed by atoms with Crippen LogP contribution >= 0.6 is 0 Å². The lowest BCUT2D eigenvalue weighted by Crippen LogP contribution is -2.52. The van der Waals surface area contributed by atoms with Crippen molar-refractivity contribution in [1.82, 2.24) is 0 Å². The summed E-state index contributed by atoms with van der Waals surface area (Å²) >= 11 is 0. The van der Waals surface area contributed by atoms with E-state index in [9.17, 15) is 10.2 Å². The first-order chi connectivity index (χ1) is 7.64. The second kappa shape index (κ2) is 4.07. The van der Waals surface area contributed by atoms with Gasteiger partial charge in [0, 0.05) is 5.56 Å². The zero-order valence-corrected chi connectivity index (χ0v) is 9.68. The zero-order valence-electron chi connectivity index (χ0n) is 9.68. The number of hydrogen-bond donors (Lipinski definition) is 2. The van der Waals surface area contributed by atoms with Gasteiger partial charge in [-0.2, -0.15) is 0 Å². The topological polar surface area (TPSA) is 49.7 Å². The van der Waals surface area contributed by atoms with E-state index in [-0.39, 0.29) is 0 Å². The van der Waals surface area contributed by atoms with Crippen molar-refractivity contribution < 1.29 is 14.9 Å². The maximum atomic E-state index is 10.2. The van der Waals surface area contributed by atoms with Gasteiger partial charge in [-0.25, -0.2) is 0 Å². The van der Waals surface area contributed by atoms with Gasteiger partial charge in [0.1, 0.15) is 23.6 Å². The summed E-state index contributed by atoms with van der Waals surface area (Å²) in [4.78, 5) is 0. The molecule has 1 aliphatic heterocycles. The highest BCUT2D eigenvalue weighted by Gasteiger charge is 2.46. The fourth-order valence-electron chi connectivity index (χ4n) is 2.37. The Bertz CT molecular complexity index is 371. The maximum Gasteiger partial charge on any atom is 0.137 e. The van der Waals surface area contributed by atoms with Crippen LogP contribution in [-0.4, -0.2) is 21.9 Å². The van der Waals surface area contributed by atoms with Crippen LogP contribution in [0.15, 0.2) is 24.3 Å². The number of aliphatic hydroxyl groups excluding tert-OH is 2. The Morgan fingerprint density at radius 3 is 2.44 bits per heavy atom. The van der Waals surface area contributed by atoms with E-state index >= 15 is 0 Å². The van der Waals surface area contributed by atoms with Crippen LogP contribution < -0.4 is 4.74 Å². The Morgan fingerprint density at radius 1 is 1.19 bits per heavy atom. The van der Waals surface area contributed by atoms with E-state index < -0.39 is 17.8 Å². The highest BCUT2D eigenvalue weighted by atomic mass is 16.5. The smallest absolute Gasteiger partial charge is 0.137 e. The predicted octanol–water partition coefficient (Wildman–Crippen LogP) is 2.03. The summed E-state index contributed by atoms with van der Waals surface area (Å²) in [5, 5.41) is 20.3. The van der Waals surface area contributed by atoms with E-state index in [4.69, 9.17) is 4.74 Å². The minimum absolute atomic E-state index is 0.659. The van der Waals surface area contributed by atoms with E-state index in [1.54, 1.807) is 6.07 Å². The van der Waals surface area contributed by atoms with Gasteiger partial charge in [-0.05, 0) is 18.9 Å². The molecule has 3 nitrogen and oxygen atoms in total. The van der Waals surface area contributed by atoms with Gasteiger partial charge >= 0.3 is 0 Å². The number of fused-ring (bicyclic) bond motifs is 1. The average molecular weight is 222 g/mol. The van der Waals surface area contributed by atoms with E-state index in [0.717, 1.165) is 0 Å². The molecular formula is C13H18O3. The number of hydrogen-bond acceptors (Lipinski definition) is 3. The second-order valence-corrected chi connectivity index (χ2v) is 4.30. The normalized spacial score (nSPS) is 27.0. The molecule has 0 bridgehead atoms. The molecular weight excluding hydrogens is 204 g/mol. The summed E-state index contributed by atoms with van der Waals surface area (Å²) in [6.07, 6.45) is -0.367. The molecule has 2 atom stereocenters. The number of ether oxygens (including phenoxy) is 1. The second-order valence-electron chi connectivity index (χ2n) is 4.30. The number of benzene rings is 1. The fourth-order valence-corrected chi connectivity index (χ4v) is 2.37. The number of rotatable bonds is 2. The van der Waals surface area contributed by atoms with Crippen molar-refractivity contribution in [3.05, 3.63) is 29.8 Å². The molecule has 0 unspecified atom stereocenters. The third kappa shape index (κ3) is 1.51. The number of para-hydroxylation sites is 1. The molecule has 2 rings (SSSR count). The van der Waals surface area contributed by atoms with Crippen molar-refractivity contribution >= 4 is 0 Å². The Morgan fingerprint density at radius 2 is 1.81 bits per heavy atom. The van der Waals surface area contributed by atoms with Crippen molar-refractivity contribution in [2.24, 2.45) is 0 Å². The van der Waals surface area contributed by atoms with Crippen LogP contribution in [0, 0.1) is 0 Å². The van der Waals surface area contributed by atoms with Crippen LogP contribution in [0.2, 0.25) is 0 Å². The molecule has 16 heavy (non-hydrogen) atoms. The quantitative estimate of drug-likeness (QED) is 0.805. The van der Waals surface area contributed by atoms with Crippen molar-refractivity contribution in [2.75, 3.05) is 0 Å². The van der Waals surface area contributed by atoms with Gasteiger partial charge in [0.25, 0.3) is 0 Å². The Hall–Kier alpha value is -1.06. The first-order valence-electron chi connectivity index (χ1n) is 5.78. The lowest BCUT2D eigenvalue weighted by molar-refractivity contribution is -0.132. The minimum Gasteiger partial charge on any atom is -0.484 e. The molecule has 88 valence electrons. The van der Waals surface area contributed by atoms with Gasteiger partial charge in [0.05, 0.1) is 0 Å². The van der Waals surface area contributed by atoms with E-state index in [1.165, 1.54) is 0 Å². The fraction of sp³-hybridized carbons (Fsp3) is 0.538. The Kier molecular flexibility index (Phi) is 2.91. The molecule has 0 aliphatic carbocycles. The predicted molar refractivity (Wildman–Crippen MR) is 61.3 cm³/mol. The van der Waals surface area contributed by atoms with E-state index in [2.05, 4.69) is 0 Å². The molecule has 3 heteroatoms. The van der Waals surface area contributed by atoms with Gasteiger partial charge in [-0.3, -0.25) is 0 Å². The van der Waals surface area contributed by atoms with Gasteiger partial charge in [-0.15, -0.1) is 0 Å². The van der Waals surface area contributed by atoms with Crippen LogP contribution in [0.1, 0.15) is 38.4 Å². The van der Waals surface area contributed by atoms with Crippen LogP contribution in [0.25, 0.3) is 0 Å². The lowest BCUT2D eigenvalue weighted by Gasteiger charge is -2.43. The van der Waals surface area contributed by atoms with E-state index in [0.29, 0.717) is 24.2 Å². The van der Waals surface area contributed by atoms with Crippen LogP contribution in [0.5, 0.6) is 5.75 Å². The van der Waals surface area contributed by atoms with Crippen molar-refractivity contribution in [1.29, 1.82) is 0 Å². The first-order valence-corrected chi connectivity index (χ1v) is 5.78. The summed E-state index contributed by atoms with van der Waals surface area (Å²) in [5.41, 5.74) is 0.0147. The van der Waals surface area contributed by atoms with Gasteiger partial charge < -0.3 is 14.9 Å². The minimum atomic E-state index is -0.864. The molecule has 0 radical (unpaired) electrons. The van der Waals surface area contributed by atoms with Crippen LogP contribution in [-0.2, 0) is 0 Å². The third-order valence-corrected chi connectivity index (χ3v) is 3.59. The number of aliphatic hydroxyl groups is 2. The molecule has 2 N–H and O–H groups in total. The summed E-state index contributed by atoms with van der Waals surface area (Å²) < 4.78 is 5.89. The van der Waals surface area contributed by atoms with Crippen molar-refractivity contribution in [3.63, 3.8) is 0 Å². The molecule has 0 spiro atoms. The largest absolute Gasteiger partial charge is 0.484 e. The highest BCUT2D eigenvalue weighted by Crippen LogP contribution is 2.42. The summed E-state index contributed by atoms with van der Waals surface area (Å²) in [6.45, 7) is 3.93. The zero-order chi connectivity index (χ0) is 11.8. The van der Waals surface area contributed by atoms with Gasteiger partial charge in [-0.1, -0.05) is 32.0 Å². The van der Waals surface area contributed by atoms with Crippen molar-refractivity contribution in [2.45, 2.75) is 44.5 Å². The van der Waals surface area contributed by atoms with Crippen LogP contribution in [0.3, 0.4) is 0 Å². The molecule has 1 aliphatic rings.